The molecule has 0 fully saturated rings. The Hall–Kier alpha value is -1.47. The first-order valence-electron chi connectivity index (χ1n) is 6.30. The van der Waals surface area contributed by atoms with Gasteiger partial charge in [0, 0.05) is 33.3 Å². The molecule has 0 N–H and O–H groups in total. The van der Waals surface area contributed by atoms with Crippen molar-refractivity contribution >= 4 is 27.7 Å². The van der Waals surface area contributed by atoms with E-state index in [9.17, 15) is 14.0 Å². The molecule has 1 aromatic carbocycles. The van der Waals surface area contributed by atoms with Crippen LogP contribution in [0.5, 0.6) is 0 Å². The molecule has 5 nitrogen and oxygen atoms in total. The van der Waals surface area contributed by atoms with Gasteiger partial charge in [-0.2, -0.15) is 0 Å². The van der Waals surface area contributed by atoms with Gasteiger partial charge in [0.1, 0.15) is 12.4 Å². The molecule has 0 aliphatic rings. The number of nitrogens with zero attached hydrogens (tertiary/aromatic N) is 2. The van der Waals surface area contributed by atoms with E-state index < -0.39 is 5.82 Å². The molecule has 1 rings (SSSR count). The Labute approximate surface area is 131 Å². The molecule has 0 radical (unpaired) electrons. The van der Waals surface area contributed by atoms with Crippen LogP contribution in [0.1, 0.15) is 10.4 Å². The van der Waals surface area contributed by atoms with Crippen LogP contribution < -0.4 is 0 Å². The summed E-state index contributed by atoms with van der Waals surface area (Å²) in [7, 11) is 4.76. The molecule has 0 heterocycles. The molecule has 0 atom stereocenters. The van der Waals surface area contributed by atoms with Crippen molar-refractivity contribution in [1.29, 1.82) is 0 Å². The lowest BCUT2D eigenvalue weighted by Gasteiger charge is -2.23. The Morgan fingerprint density at radius 1 is 1.33 bits per heavy atom. The average molecular weight is 361 g/mol. The van der Waals surface area contributed by atoms with Gasteiger partial charge in [-0.3, -0.25) is 9.59 Å². The van der Waals surface area contributed by atoms with Gasteiger partial charge in [-0.25, -0.2) is 4.39 Å². The Kier molecular flexibility index (Phi) is 6.77. The van der Waals surface area contributed by atoms with E-state index in [0.29, 0.717) is 12.2 Å². The number of rotatable bonds is 6. The molecule has 7 heteroatoms. The number of halogens is 2. The molecule has 21 heavy (non-hydrogen) atoms. The van der Waals surface area contributed by atoms with Crippen molar-refractivity contribution in [3.8, 4) is 0 Å². The zero-order valence-corrected chi connectivity index (χ0v) is 13.8. The van der Waals surface area contributed by atoms with Crippen LogP contribution in [-0.2, 0) is 9.53 Å². The monoisotopic (exact) mass is 360 g/mol. The summed E-state index contributed by atoms with van der Waals surface area (Å²) in [5.41, 5.74) is 0.311. The number of carbonyl (C=O) groups is 2. The van der Waals surface area contributed by atoms with Gasteiger partial charge in [0.2, 0.25) is 5.91 Å². The molecule has 0 saturated heterocycles. The summed E-state index contributed by atoms with van der Waals surface area (Å²) in [5, 5.41) is 0. The summed E-state index contributed by atoms with van der Waals surface area (Å²) in [4.78, 5) is 27.0. The first-order valence-corrected chi connectivity index (χ1v) is 7.09. The first kappa shape index (κ1) is 17.6. The van der Waals surface area contributed by atoms with Crippen molar-refractivity contribution in [2.24, 2.45) is 0 Å². The van der Waals surface area contributed by atoms with E-state index in [-0.39, 0.29) is 29.4 Å². The van der Waals surface area contributed by atoms with E-state index in [4.69, 9.17) is 4.74 Å². The van der Waals surface area contributed by atoms with Crippen LogP contribution in [0.4, 0.5) is 4.39 Å². The number of carbonyl (C=O) groups excluding carboxylic acids is 2. The minimum atomic E-state index is -0.445. The molecule has 0 spiro atoms. The number of hydrogen-bond donors (Lipinski definition) is 0. The Balaban J connectivity index is 2.92. The van der Waals surface area contributed by atoms with Gasteiger partial charge in [0.15, 0.2) is 0 Å². The van der Waals surface area contributed by atoms with E-state index in [1.807, 2.05) is 0 Å². The maximum atomic E-state index is 13.2. The highest BCUT2D eigenvalue weighted by Crippen LogP contribution is 2.18. The maximum absolute atomic E-state index is 13.2. The van der Waals surface area contributed by atoms with Gasteiger partial charge in [0.05, 0.1) is 11.1 Å². The fourth-order valence-electron chi connectivity index (χ4n) is 1.57. The van der Waals surface area contributed by atoms with E-state index in [0.717, 1.165) is 0 Å². The summed E-state index contributed by atoms with van der Waals surface area (Å²) < 4.78 is 18.4. The maximum Gasteiger partial charge on any atom is 0.254 e. The molecule has 116 valence electrons. The lowest BCUT2D eigenvalue weighted by molar-refractivity contribution is -0.129. The average Bonchev–Trinajstić information content (AvgIpc) is 2.45. The van der Waals surface area contributed by atoms with Gasteiger partial charge in [-0.15, -0.1) is 0 Å². The number of ether oxygens (including phenoxy) is 1. The SMILES string of the molecule is COCCN(CC(=O)N(C)C)C(=O)c1ccc(F)c(Br)c1. The lowest BCUT2D eigenvalue weighted by atomic mass is 10.2. The van der Waals surface area contributed by atoms with E-state index in [1.54, 1.807) is 14.1 Å². The summed E-state index contributed by atoms with van der Waals surface area (Å²) in [6.07, 6.45) is 0. The summed E-state index contributed by atoms with van der Waals surface area (Å²) in [5.74, 6) is -0.983. The van der Waals surface area contributed by atoms with Crippen LogP contribution in [0.3, 0.4) is 0 Å². The highest BCUT2D eigenvalue weighted by molar-refractivity contribution is 9.10. The first-order chi connectivity index (χ1) is 9.86. The van der Waals surface area contributed by atoms with Crippen molar-refractivity contribution in [1.82, 2.24) is 9.80 Å². The van der Waals surface area contributed by atoms with E-state index in [2.05, 4.69) is 15.9 Å². The molecule has 0 aromatic heterocycles. The third-order valence-corrected chi connectivity index (χ3v) is 3.45. The lowest BCUT2D eigenvalue weighted by Crippen LogP contribution is -2.41. The second-order valence-electron chi connectivity index (χ2n) is 4.64. The zero-order chi connectivity index (χ0) is 16.0. The molecule has 1 aromatic rings. The Bertz CT molecular complexity index is 523. The quantitative estimate of drug-likeness (QED) is 0.776. The van der Waals surface area contributed by atoms with Crippen LogP contribution in [0, 0.1) is 5.82 Å². The molecular weight excluding hydrogens is 343 g/mol. The molecule has 0 bridgehead atoms. The van der Waals surface area contributed by atoms with Crippen molar-refractivity contribution in [2.45, 2.75) is 0 Å². The topological polar surface area (TPSA) is 49.9 Å². The second kappa shape index (κ2) is 8.09. The Morgan fingerprint density at radius 2 is 2.00 bits per heavy atom. The summed E-state index contributed by atoms with van der Waals surface area (Å²) >= 11 is 3.04. The van der Waals surface area contributed by atoms with Gasteiger partial charge in [-0.05, 0) is 34.1 Å². The molecule has 0 unspecified atom stereocenters. The van der Waals surface area contributed by atoms with Crippen LogP contribution in [-0.4, -0.2) is 62.5 Å². The van der Waals surface area contributed by atoms with E-state index in [1.165, 1.54) is 35.1 Å². The highest BCUT2D eigenvalue weighted by atomic mass is 79.9. The number of hydrogen-bond acceptors (Lipinski definition) is 3. The van der Waals surface area contributed by atoms with Crippen molar-refractivity contribution in [3.63, 3.8) is 0 Å². The molecular formula is C14H18BrFN2O3. The fraction of sp³-hybridized carbons (Fsp3) is 0.429. The third kappa shape index (κ3) is 5.09. The zero-order valence-electron chi connectivity index (χ0n) is 12.2. The van der Waals surface area contributed by atoms with Gasteiger partial charge >= 0.3 is 0 Å². The summed E-state index contributed by atoms with van der Waals surface area (Å²) in [6.45, 7) is 0.545. The van der Waals surface area contributed by atoms with Gasteiger partial charge in [0.25, 0.3) is 5.91 Å². The van der Waals surface area contributed by atoms with Crippen molar-refractivity contribution in [3.05, 3.63) is 34.1 Å². The standard InChI is InChI=1S/C14H18BrFN2O3/c1-17(2)13(19)9-18(6-7-21-3)14(20)10-4-5-12(16)11(15)8-10/h4-5,8H,6-7,9H2,1-3H3. The minimum Gasteiger partial charge on any atom is -0.383 e. The summed E-state index contributed by atoms with van der Waals surface area (Å²) in [6, 6.07) is 4.00. The second-order valence-corrected chi connectivity index (χ2v) is 5.49. The van der Waals surface area contributed by atoms with Crippen molar-refractivity contribution in [2.75, 3.05) is 40.9 Å². The molecule has 2 amide bonds. The van der Waals surface area contributed by atoms with Gasteiger partial charge < -0.3 is 14.5 Å². The van der Waals surface area contributed by atoms with Crippen LogP contribution in [0.2, 0.25) is 0 Å². The molecule has 0 saturated carbocycles. The van der Waals surface area contributed by atoms with E-state index >= 15 is 0 Å². The molecule has 0 aliphatic carbocycles. The highest BCUT2D eigenvalue weighted by Gasteiger charge is 2.20. The minimum absolute atomic E-state index is 0.0514. The smallest absolute Gasteiger partial charge is 0.254 e. The van der Waals surface area contributed by atoms with Crippen molar-refractivity contribution < 1.29 is 18.7 Å². The van der Waals surface area contributed by atoms with Crippen LogP contribution in [0.15, 0.2) is 22.7 Å². The predicted molar refractivity (Wildman–Crippen MR) is 80.6 cm³/mol. The number of amides is 2. The third-order valence-electron chi connectivity index (χ3n) is 2.84. The van der Waals surface area contributed by atoms with Crippen LogP contribution in [0.25, 0.3) is 0 Å². The normalized spacial score (nSPS) is 10.3. The molecule has 0 aliphatic heterocycles. The number of methoxy groups -OCH3 is 1. The largest absolute Gasteiger partial charge is 0.383 e. The Morgan fingerprint density at radius 3 is 2.52 bits per heavy atom. The fourth-order valence-corrected chi connectivity index (χ4v) is 1.95. The number of benzene rings is 1. The van der Waals surface area contributed by atoms with Crippen LogP contribution >= 0.6 is 15.9 Å². The van der Waals surface area contributed by atoms with Gasteiger partial charge in [-0.1, -0.05) is 0 Å². The predicted octanol–water partition coefficient (Wildman–Crippen LogP) is 1.76. The number of likely N-dealkylation sites (N-methyl/N-ethyl adjacent to an activating group) is 1.